The highest BCUT2D eigenvalue weighted by Gasteiger charge is 2.15. The topological polar surface area (TPSA) is 81.4 Å². The lowest BCUT2D eigenvalue weighted by Crippen LogP contribution is -2.34. The summed E-state index contributed by atoms with van der Waals surface area (Å²) in [5.41, 5.74) is 6.28. The number of carbonyl (C=O) groups excluding carboxylic acids is 2. The lowest BCUT2D eigenvalue weighted by atomic mass is 10.1. The summed E-state index contributed by atoms with van der Waals surface area (Å²) in [4.78, 5) is 23.5. The van der Waals surface area contributed by atoms with Crippen LogP contribution in [0.4, 0.5) is 0 Å². The van der Waals surface area contributed by atoms with E-state index in [4.69, 9.17) is 10.5 Å². The number of nitrogens with one attached hydrogen (secondary N) is 1. The van der Waals surface area contributed by atoms with Gasteiger partial charge in [-0.05, 0) is 61.4 Å². The molecule has 3 rings (SSSR count). The van der Waals surface area contributed by atoms with E-state index in [-0.39, 0.29) is 11.9 Å². The van der Waals surface area contributed by atoms with E-state index >= 15 is 0 Å². The fourth-order valence-corrected chi connectivity index (χ4v) is 3.19. The Morgan fingerprint density at radius 2 is 1.31 bits per heavy atom. The molecular formula is C21H24N2O3. The molecule has 0 bridgehead atoms. The van der Waals surface area contributed by atoms with Crippen molar-refractivity contribution in [2.75, 3.05) is 0 Å². The Bertz CT molecular complexity index is 746. The van der Waals surface area contributed by atoms with Crippen molar-refractivity contribution in [2.45, 2.75) is 44.6 Å². The SMILES string of the molecule is NC(=O)c1ccc(Oc2ccc(C(=O)NC3CCCCCC3)cc2)cc1. The van der Waals surface area contributed by atoms with Gasteiger partial charge in [-0.1, -0.05) is 25.7 Å². The summed E-state index contributed by atoms with van der Waals surface area (Å²) in [6.07, 6.45) is 7.03. The van der Waals surface area contributed by atoms with Gasteiger partial charge in [0.05, 0.1) is 0 Å². The van der Waals surface area contributed by atoms with Crippen LogP contribution < -0.4 is 15.8 Å². The molecule has 1 aliphatic carbocycles. The van der Waals surface area contributed by atoms with Crippen LogP contribution in [-0.4, -0.2) is 17.9 Å². The van der Waals surface area contributed by atoms with Gasteiger partial charge in [0.1, 0.15) is 11.5 Å². The van der Waals surface area contributed by atoms with Crippen LogP contribution in [0.1, 0.15) is 59.2 Å². The largest absolute Gasteiger partial charge is 0.457 e. The van der Waals surface area contributed by atoms with Crippen LogP contribution in [0.5, 0.6) is 11.5 Å². The van der Waals surface area contributed by atoms with E-state index in [1.165, 1.54) is 25.7 Å². The minimum atomic E-state index is -0.472. The summed E-state index contributed by atoms with van der Waals surface area (Å²) in [7, 11) is 0. The zero-order valence-corrected chi connectivity index (χ0v) is 14.7. The predicted octanol–water partition coefficient (Wildman–Crippen LogP) is 4.03. The number of benzene rings is 2. The van der Waals surface area contributed by atoms with Gasteiger partial charge in [-0.3, -0.25) is 9.59 Å². The summed E-state index contributed by atoms with van der Waals surface area (Å²) in [6, 6.07) is 14.0. The van der Waals surface area contributed by atoms with Gasteiger partial charge in [0.15, 0.2) is 0 Å². The first-order valence-corrected chi connectivity index (χ1v) is 9.10. The Hall–Kier alpha value is -2.82. The molecule has 3 N–H and O–H groups in total. The van der Waals surface area contributed by atoms with Crippen LogP contribution in [0, 0.1) is 0 Å². The Kier molecular flexibility index (Phi) is 5.89. The zero-order chi connectivity index (χ0) is 18.4. The van der Waals surface area contributed by atoms with Gasteiger partial charge < -0.3 is 15.8 Å². The Labute approximate surface area is 153 Å². The molecule has 0 unspecified atom stereocenters. The third kappa shape index (κ3) is 4.85. The van der Waals surface area contributed by atoms with Crippen LogP contribution in [0.15, 0.2) is 48.5 Å². The first kappa shape index (κ1) is 18.0. The van der Waals surface area contributed by atoms with Gasteiger partial charge in [-0.2, -0.15) is 0 Å². The average molecular weight is 352 g/mol. The van der Waals surface area contributed by atoms with Crippen LogP contribution in [0.3, 0.4) is 0 Å². The summed E-state index contributed by atoms with van der Waals surface area (Å²) in [5, 5.41) is 3.14. The molecule has 136 valence electrons. The van der Waals surface area contributed by atoms with Gasteiger partial charge in [0.25, 0.3) is 5.91 Å². The molecule has 5 heteroatoms. The van der Waals surface area contributed by atoms with Gasteiger partial charge >= 0.3 is 0 Å². The molecule has 0 atom stereocenters. The standard InChI is InChI=1S/C21H24N2O3/c22-20(24)15-7-11-18(12-8-15)26-19-13-9-16(10-14-19)21(25)23-17-5-3-1-2-4-6-17/h7-14,17H,1-6H2,(H2,22,24)(H,23,25). The highest BCUT2D eigenvalue weighted by molar-refractivity contribution is 5.94. The number of rotatable bonds is 5. The lowest BCUT2D eigenvalue weighted by Gasteiger charge is -2.16. The van der Waals surface area contributed by atoms with Crippen molar-refractivity contribution in [1.82, 2.24) is 5.32 Å². The summed E-state index contributed by atoms with van der Waals surface area (Å²) >= 11 is 0. The molecule has 1 saturated carbocycles. The number of hydrogen-bond acceptors (Lipinski definition) is 3. The first-order chi connectivity index (χ1) is 12.6. The summed E-state index contributed by atoms with van der Waals surface area (Å²) in [5.74, 6) is 0.725. The quantitative estimate of drug-likeness (QED) is 0.797. The van der Waals surface area contributed by atoms with Crippen molar-refractivity contribution in [3.05, 3.63) is 59.7 Å². The third-order valence-electron chi connectivity index (χ3n) is 4.68. The maximum Gasteiger partial charge on any atom is 0.251 e. The smallest absolute Gasteiger partial charge is 0.251 e. The molecule has 5 nitrogen and oxygen atoms in total. The van der Waals surface area contributed by atoms with Gasteiger partial charge in [0.2, 0.25) is 5.91 Å². The molecule has 0 heterocycles. The average Bonchev–Trinajstić information content (AvgIpc) is 2.91. The van der Waals surface area contributed by atoms with Crippen molar-refractivity contribution in [3.63, 3.8) is 0 Å². The zero-order valence-electron chi connectivity index (χ0n) is 14.7. The number of amides is 2. The molecule has 0 aromatic heterocycles. The van der Waals surface area contributed by atoms with Crippen molar-refractivity contribution in [2.24, 2.45) is 5.73 Å². The van der Waals surface area contributed by atoms with Crippen LogP contribution in [0.2, 0.25) is 0 Å². The molecule has 2 amide bonds. The first-order valence-electron chi connectivity index (χ1n) is 9.10. The molecule has 0 radical (unpaired) electrons. The second kappa shape index (κ2) is 8.52. The summed E-state index contributed by atoms with van der Waals surface area (Å²) in [6.45, 7) is 0. The van der Waals surface area contributed by atoms with E-state index in [2.05, 4.69) is 5.32 Å². The minimum absolute atomic E-state index is 0.0331. The van der Waals surface area contributed by atoms with E-state index in [0.29, 0.717) is 22.6 Å². The van der Waals surface area contributed by atoms with E-state index in [1.54, 1.807) is 48.5 Å². The summed E-state index contributed by atoms with van der Waals surface area (Å²) < 4.78 is 5.73. The molecule has 0 aliphatic heterocycles. The van der Waals surface area contributed by atoms with Gasteiger partial charge in [-0.15, -0.1) is 0 Å². The highest BCUT2D eigenvalue weighted by Crippen LogP contribution is 2.22. The minimum Gasteiger partial charge on any atom is -0.457 e. The molecule has 1 fully saturated rings. The third-order valence-corrected chi connectivity index (χ3v) is 4.68. The molecule has 2 aromatic rings. The lowest BCUT2D eigenvalue weighted by molar-refractivity contribution is 0.0932. The number of nitrogens with two attached hydrogens (primary N) is 1. The second-order valence-electron chi connectivity index (χ2n) is 6.68. The van der Waals surface area contributed by atoms with E-state index in [1.807, 2.05) is 0 Å². The molecule has 2 aromatic carbocycles. The van der Waals surface area contributed by atoms with Crippen molar-refractivity contribution in [3.8, 4) is 11.5 Å². The fraction of sp³-hybridized carbons (Fsp3) is 0.333. The van der Waals surface area contributed by atoms with Gasteiger partial charge in [0, 0.05) is 17.2 Å². The number of ether oxygens (including phenoxy) is 1. The van der Waals surface area contributed by atoms with Crippen molar-refractivity contribution >= 4 is 11.8 Å². The van der Waals surface area contributed by atoms with Crippen LogP contribution in [0.25, 0.3) is 0 Å². The Balaban J connectivity index is 1.58. The maximum atomic E-state index is 12.4. The van der Waals surface area contributed by atoms with E-state index < -0.39 is 5.91 Å². The number of hydrogen-bond donors (Lipinski definition) is 2. The van der Waals surface area contributed by atoms with Crippen LogP contribution in [-0.2, 0) is 0 Å². The van der Waals surface area contributed by atoms with Crippen molar-refractivity contribution in [1.29, 1.82) is 0 Å². The Morgan fingerprint density at radius 3 is 1.81 bits per heavy atom. The molecular weight excluding hydrogens is 328 g/mol. The van der Waals surface area contributed by atoms with E-state index in [0.717, 1.165) is 12.8 Å². The van der Waals surface area contributed by atoms with Gasteiger partial charge in [-0.25, -0.2) is 0 Å². The normalized spacial score (nSPS) is 15.1. The highest BCUT2D eigenvalue weighted by atomic mass is 16.5. The van der Waals surface area contributed by atoms with Crippen LogP contribution >= 0.6 is 0 Å². The molecule has 0 spiro atoms. The Morgan fingerprint density at radius 1 is 0.808 bits per heavy atom. The predicted molar refractivity (Wildman–Crippen MR) is 100 cm³/mol. The van der Waals surface area contributed by atoms with Crippen molar-refractivity contribution < 1.29 is 14.3 Å². The molecule has 26 heavy (non-hydrogen) atoms. The van der Waals surface area contributed by atoms with E-state index in [9.17, 15) is 9.59 Å². The molecule has 1 aliphatic rings. The second-order valence-corrected chi connectivity index (χ2v) is 6.68. The number of primary amides is 1. The molecule has 0 saturated heterocycles. The number of carbonyl (C=O) groups is 2. The maximum absolute atomic E-state index is 12.4. The monoisotopic (exact) mass is 352 g/mol. The fourth-order valence-electron chi connectivity index (χ4n) is 3.19.